The summed E-state index contributed by atoms with van der Waals surface area (Å²) in [6.45, 7) is 3.32. The number of ether oxygens (including phenoxy) is 3. The van der Waals surface area contributed by atoms with Crippen LogP contribution in [0, 0.1) is 0 Å². The highest BCUT2D eigenvalue weighted by Gasteiger charge is 2.20. The molecule has 1 saturated heterocycles. The van der Waals surface area contributed by atoms with Gasteiger partial charge in [0.25, 0.3) is 5.56 Å². The molecule has 5 rings (SSSR count). The molecule has 2 aromatic carbocycles. The van der Waals surface area contributed by atoms with E-state index in [4.69, 9.17) is 14.2 Å². The largest absolute Gasteiger partial charge is 0.486 e. The van der Waals surface area contributed by atoms with Crippen molar-refractivity contribution in [1.82, 2.24) is 9.78 Å². The van der Waals surface area contributed by atoms with Gasteiger partial charge in [-0.05, 0) is 18.2 Å². The Hall–Kier alpha value is -3.59. The summed E-state index contributed by atoms with van der Waals surface area (Å²) >= 11 is 0. The number of carbonyl (C=O) groups is 1. The third-order valence-corrected chi connectivity index (χ3v) is 5.28. The number of hydrogen-bond acceptors (Lipinski definition) is 7. The summed E-state index contributed by atoms with van der Waals surface area (Å²) in [5.74, 6) is 1.56. The Bertz CT molecular complexity index is 1190. The maximum atomic E-state index is 13.0. The van der Waals surface area contributed by atoms with E-state index in [0.29, 0.717) is 67.9 Å². The van der Waals surface area contributed by atoms with Crippen LogP contribution in [0.4, 0.5) is 11.5 Å². The Kier molecular flexibility index (Phi) is 5.17. The number of fused-ring (bicyclic) bond motifs is 2. The van der Waals surface area contributed by atoms with E-state index in [1.807, 2.05) is 18.2 Å². The van der Waals surface area contributed by atoms with Gasteiger partial charge in [-0.3, -0.25) is 9.59 Å². The van der Waals surface area contributed by atoms with Crippen LogP contribution in [0.5, 0.6) is 11.5 Å². The van der Waals surface area contributed by atoms with Crippen LogP contribution >= 0.6 is 0 Å². The first-order chi connectivity index (χ1) is 15.2. The Balaban J connectivity index is 1.42. The Morgan fingerprint density at radius 1 is 0.968 bits per heavy atom. The molecular formula is C22H22N4O5. The van der Waals surface area contributed by atoms with Gasteiger partial charge < -0.3 is 24.4 Å². The van der Waals surface area contributed by atoms with Crippen molar-refractivity contribution < 1.29 is 19.0 Å². The summed E-state index contributed by atoms with van der Waals surface area (Å²) < 4.78 is 17.7. The molecule has 2 aliphatic heterocycles. The summed E-state index contributed by atoms with van der Waals surface area (Å²) in [4.78, 5) is 27.8. The van der Waals surface area contributed by atoms with E-state index in [2.05, 4.69) is 15.3 Å². The molecule has 0 unspecified atom stereocenters. The number of morpholine rings is 1. The summed E-state index contributed by atoms with van der Waals surface area (Å²) in [6.07, 6.45) is 0. The second kappa shape index (κ2) is 8.27. The van der Waals surface area contributed by atoms with Gasteiger partial charge in [0.1, 0.15) is 19.8 Å². The molecule has 160 valence electrons. The third kappa shape index (κ3) is 3.91. The third-order valence-electron chi connectivity index (χ3n) is 5.28. The van der Waals surface area contributed by atoms with E-state index in [0.717, 1.165) is 5.39 Å². The van der Waals surface area contributed by atoms with E-state index in [-0.39, 0.29) is 18.0 Å². The number of amides is 1. The zero-order chi connectivity index (χ0) is 21.2. The fraction of sp³-hybridized carbons (Fsp3) is 0.318. The SMILES string of the molecule is O=C(Cn1nc(N2CCOCC2)c2ccccc2c1=O)Nc1ccc2c(c1)OCCO2. The molecule has 9 heteroatoms. The average Bonchev–Trinajstić information content (AvgIpc) is 2.81. The number of hydrogen-bond donors (Lipinski definition) is 1. The predicted octanol–water partition coefficient (Wildman–Crippen LogP) is 1.64. The van der Waals surface area contributed by atoms with Crippen LogP contribution < -0.4 is 25.2 Å². The molecule has 1 fully saturated rings. The average molecular weight is 422 g/mol. The van der Waals surface area contributed by atoms with Crippen LogP contribution in [0.25, 0.3) is 10.8 Å². The van der Waals surface area contributed by atoms with Gasteiger partial charge in [-0.25, -0.2) is 4.68 Å². The van der Waals surface area contributed by atoms with Crippen LogP contribution in [-0.4, -0.2) is 55.2 Å². The molecule has 0 aliphatic carbocycles. The molecule has 3 aromatic rings. The van der Waals surface area contributed by atoms with Gasteiger partial charge >= 0.3 is 0 Å². The molecule has 1 amide bonds. The summed E-state index contributed by atoms with van der Waals surface area (Å²) in [7, 11) is 0. The molecule has 0 bridgehead atoms. The van der Waals surface area contributed by atoms with E-state index >= 15 is 0 Å². The highest BCUT2D eigenvalue weighted by atomic mass is 16.6. The second-order valence-corrected chi connectivity index (χ2v) is 7.34. The number of anilines is 2. The van der Waals surface area contributed by atoms with Crippen LogP contribution in [0.1, 0.15) is 0 Å². The predicted molar refractivity (Wildman–Crippen MR) is 115 cm³/mol. The minimum absolute atomic E-state index is 0.199. The maximum absolute atomic E-state index is 13.0. The molecule has 1 N–H and O–H groups in total. The van der Waals surface area contributed by atoms with Crippen LogP contribution in [-0.2, 0) is 16.1 Å². The van der Waals surface area contributed by atoms with Crippen molar-refractivity contribution in [1.29, 1.82) is 0 Å². The summed E-state index contributed by atoms with van der Waals surface area (Å²) in [5, 5.41) is 8.66. The van der Waals surface area contributed by atoms with Gasteiger partial charge in [-0.15, -0.1) is 0 Å². The monoisotopic (exact) mass is 422 g/mol. The minimum Gasteiger partial charge on any atom is -0.486 e. The standard InChI is InChI=1S/C22H22N4O5/c27-20(23-15-5-6-18-19(13-15)31-12-11-30-18)14-26-22(28)17-4-2-1-3-16(17)21(24-26)25-7-9-29-10-8-25/h1-6,13H,7-12,14H2,(H,23,27). The molecular weight excluding hydrogens is 400 g/mol. The topological polar surface area (TPSA) is 94.9 Å². The fourth-order valence-corrected chi connectivity index (χ4v) is 3.79. The van der Waals surface area contributed by atoms with Crippen molar-refractivity contribution in [2.75, 3.05) is 49.7 Å². The highest BCUT2D eigenvalue weighted by molar-refractivity contribution is 5.93. The van der Waals surface area contributed by atoms with E-state index in [1.165, 1.54) is 4.68 Å². The van der Waals surface area contributed by atoms with Crippen LogP contribution in [0.15, 0.2) is 47.3 Å². The van der Waals surface area contributed by atoms with Gasteiger partial charge in [0, 0.05) is 30.2 Å². The molecule has 0 atom stereocenters. The lowest BCUT2D eigenvalue weighted by Crippen LogP contribution is -2.39. The first-order valence-electron chi connectivity index (χ1n) is 10.2. The summed E-state index contributed by atoms with van der Waals surface area (Å²) in [6, 6.07) is 12.5. The quantitative estimate of drug-likeness (QED) is 0.683. The molecule has 2 aliphatic rings. The number of nitrogens with zero attached hydrogens (tertiary/aromatic N) is 3. The van der Waals surface area contributed by atoms with Crippen molar-refractivity contribution in [2.24, 2.45) is 0 Å². The molecule has 1 aromatic heterocycles. The molecule has 3 heterocycles. The van der Waals surface area contributed by atoms with Crippen LogP contribution in [0.3, 0.4) is 0 Å². The number of nitrogens with one attached hydrogen (secondary N) is 1. The number of aromatic nitrogens is 2. The first kappa shape index (κ1) is 19.4. The highest BCUT2D eigenvalue weighted by Crippen LogP contribution is 2.32. The molecule has 31 heavy (non-hydrogen) atoms. The normalized spacial score (nSPS) is 15.7. The lowest BCUT2D eigenvalue weighted by atomic mass is 10.1. The summed E-state index contributed by atoms with van der Waals surface area (Å²) in [5.41, 5.74) is 0.265. The van der Waals surface area contributed by atoms with Gasteiger partial charge in [0.05, 0.1) is 18.6 Å². The van der Waals surface area contributed by atoms with Crippen molar-refractivity contribution in [3.05, 3.63) is 52.8 Å². The Morgan fingerprint density at radius 2 is 1.71 bits per heavy atom. The minimum atomic E-state index is -0.352. The van der Waals surface area contributed by atoms with E-state index < -0.39 is 0 Å². The lowest BCUT2D eigenvalue weighted by molar-refractivity contribution is -0.117. The number of carbonyl (C=O) groups excluding carboxylic acids is 1. The van der Waals surface area contributed by atoms with Gasteiger partial charge in [-0.1, -0.05) is 18.2 Å². The number of benzene rings is 2. The Morgan fingerprint density at radius 3 is 2.52 bits per heavy atom. The number of rotatable bonds is 4. The zero-order valence-corrected chi connectivity index (χ0v) is 16.9. The van der Waals surface area contributed by atoms with Crippen molar-refractivity contribution in [2.45, 2.75) is 6.54 Å². The fourth-order valence-electron chi connectivity index (χ4n) is 3.79. The molecule has 0 saturated carbocycles. The molecule has 0 radical (unpaired) electrons. The zero-order valence-electron chi connectivity index (χ0n) is 16.9. The van der Waals surface area contributed by atoms with Crippen molar-refractivity contribution >= 4 is 28.2 Å². The van der Waals surface area contributed by atoms with Gasteiger partial charge in [-0.2, -0.15) is 5.10 Å². The Labute approximate surface area is 178 Å². The van der Waals surface area contributed by atoms with Gasteiger partial charge in [0.15, 0.2) is 17.3 Å². The van der Waals surface area contributed by atoms with Crippen LogP contribution in [0.2, 0.25) is 0 Å². The van der Waals surface area contributed by atoms with E-state index in [1.54, 1.807) is 24.3 Å². The van der Waals surface area contributed by atoms with E-state index in [9.17, 15) is 9.59 Å². The maximum Gasteiger partial charge on any atom is 0.275 e. The molecule has 0 spiro atoms. The van der Waals surface area contributed by atoms with Gasteiger partial charge in [0.2, 0.25) is 5.91 Å². The van der Waals surface area contributed by atoms with Crippen molar-refractivity contribution in [3.63, 3.8) is 0 Å². The first-order valence-corrected chi connectivity index (χ1v) is 10.2. The lowest BCUT2D eigenvalue weighted by Gasteiger charge is -2.29. The second-order valence-electron chi connectivity index (χ2n) is 7.34. The van der Waals surface area contributed by atoms with Crippen molar-refractivity contribution in [3.8, 4) is 11.5 Å². The smallest absolute Gasteiger partial charge is 0.275 e. The molecule has 9 nitrogen and oxygen atoms in total.